The molecular formula is C17H19N3O2. The molecule has 2 aliphatic heterocycles. The first kappa shape index (κ1) is 13.4. The van der Waals surface area contributed by atoms with Crippen LogP contribution < -0.4 is 10.1 Å². The van der Waals surface area contributed by atoms with Gasteiger partial charge in [0.2, 0.25) is 5.91 Å². The van der Waals surface area contributed by atoms with Crippen LogP contribution in [0.15, 0.2) is 30.5 Å². The maximum Gasteiger partial charge on any atom is 0.223 e. The van der Waals surface area contributed by atoms with Crippen molar-refractivity contribution in [2.45, 2.75) is 32.4 Å². The molecule has 3 heterocycles. The van der Waals surface area contributed by atoms with E-state index >= 15 is 0 Å². The molecule has 5 heteroatoms. The lowest BCUT2D eigenvalue weighted by Gasteiger charge is -2.22. The minimum absolute atomic E-state index is 0.0574. The van der Waals surface area contributed by atoms with Crippen LogP contribution in [-0.2, 0) is 30.7 Å². The Hall–Kier alpha value is -2.30. The number of carbonyl (C=O) groups is 1. The van der Waals surface area contributed by atoms with E-state index in [1.165, 1.54) is 5.56 Å². The summed E-state index contributed by atoms with van der Waals surface area (Å²) in [4.78, 5) is 12.4. The van der Waals surface area contributed by atoms with Gasteiger partial charge in [0, 0.05) is 43.7 Å². The molecule has 4 rings (SSSR count). The van der Waals surface area contributed by atoms with Crippen molar-refractivity contribution < 1.29 is 9.53 Å². The summed E-state index contributed by atoms with van der Waals surface area (Å²) in [6.45, 7) is 2.18. The third-order valence-corrected chi connectivity index (χ3v) is 4.54. The molecule has 0 saturated heterocycles. The molecule has 1 atom stereocenters. The molecule has 5 nitrogen and oxygen atoms in total. The van der Waals surface area contributed by atoms with Crippen LogP contribution >= 0.6 is 0 Å². The molecule has 0 fully saturated rings. The highest BCUT2D eigenvalue weighted by Crippen LogP contribution is 2.26. The van der Waals surface area contributed by atoms with Crippen LogP contribution in [0.3, 0.4) is 0 Å². The molecule has 2 aliphatic rings. The molecule has 1 amide bonds. The van der Waals surface area contributed by atoms with Crippen LogP contribution in [0.4, 0.5) is 0 Å². The van der Waals surface area contributed by atoms with Crippen LogP contribution in [0.1, 0.15) is 23.2 Å². The van der Waals surface area contributed by atoms with Gasteiger partial charge >= 0.3 is 0 Å². The quantitative estimate of drug-likeness (QED) is 0.938. The van der Waals surface area contributed by atoms with Crippen LogP contribution in [0, 0.1) is 5.92 Å². The standard InChI is InChI=1S/C17H19N3O2/c21-17(14-4-7-20-15(10-14)3-6-19-20)18-11-12-1-2-16-13(9-12)5-8-22-16/h1-3,6,9,14H,4-5,7-8,10-11H2,(H,18,21). The monoisotopic (exact) mass is 297 g/mol. The summed E-state index contributed by atoms with van der Waals surface area (Å²) in [6.07, 6.45) is 4.41. The predicted octanol–water partition coefficient (Wildman–Crippen LogP) is 1.70. The van der Waals surface area contributed by atoms with E-state index in [4.69, 9.17) is 4.74 Å². The minimum Gasteiger partial charge on any atom is -0.493 e. The van der Waals surface area contributed by atoms with E-state index in [-0.39, 0.29) is 11.8 Å². The summed E-state index contributed by atoms with van der Waals surface area (Å²) in [5.41, 5.74) is 3.54. The van der Waals surface area contributed by atoms with Gasteiger partial charge in [-0.15, -0.1) is 0 Å². The first-order valence-corrected chi connectivity index (χ1v) is 7.82. The van der Waals surface area contributed by atoms with Gasteiger partial charge in [-0.1, -0.05) is 12.1 Å². The van der Waals surface area contributed by atoms with Gasteiger partial charge in [0.1, 0.15) is 5.75 Å². The molecule has 0 aliphatic carbocycles. The maximum absolute atomic E-state index is 12.4. The van der Waals surface area contributed by atoms with Crippen LogP contribution in [0.5, 0.6) is 5.75 Å². The van der Waals surface area contributed by atoms with Crippen molar-refractivity contribution >= 4 is 5.91 Å². The second-order valence-electron chi connectivity index (χ2n) is 5.99. The van der Waals surface area contributed by atoms with Crippen molar-refractivity contribution in [3.63, 3.8) is 0 Å². The number of rotatable bonds is 3. The van der Waals surface area contributed by atoms with E-state index in [0.717, 1.165) is 49.4 Å². The van der Waals surface area contributed by atoms with Crippen molar-refractivity contribution in [2.24, 2.45) is 5.92 Å². The van der Waals surface area contributed by atoms with E-state index in [2.05, 4.69) is 16.5 Å². The number of ether oxygens (including phenoxy) is 1. The second-order valence-corrected chi connectivity index (χ2v) is 5.99. The molecule has 1 N–H and O–H groups in total. The van der Waals surface area contributed by atoms with E-state index in [0.29, 0.717) is 6.54 Å². The van der Waals surface area contributed by atoms with Gasteiger partial charge in [0.05, 0.1) is 6.61 Å². The fraction of sp³-hybridized carbons (Fsp3) is 0.412. The van der Waals surface area contributed by atoms with Crippen LogP contribution in [0.2, 0.25) is 0 Å². The van der Waals surface area contributed by atoms with Gasteiger partial charge in [0.15, 0.2) is 0 Å². The molecular weight excluding hydrogens is 278 g/mol. The topological polar surface area (TPSA) is 56.1 Å². The van der Waals surface area contributed by atoms with Crippen molar-refractivity contribution in [3.05, 3.63) is 47.3 Å². The number of aryl methyl sites for hydroxylation is 1. The SMILES string of the molecule is O=C(NCc1ccc2c(c1)CCO2)C1CCn2nccc2C1. The fourth-order valence-electron chi connectivity index (χ4n) is 3.27. The Bertz CT molecular complexity index is 708. The molecule has 0 spiro atoms. The fourth-order valence-corrected chi connectivity index (χ4v) is 3.27. The van der Waals surface area contributed by atoms with Gasteiger partial charge in [-0.3, -0.25) is 9.48 Å². The summed E-state index contributed by atoms with van der Waals surface area (Å²) in [5, 5.41) is 7.32. The number of carbonyl (C=O) groups excluding carboxylic acids is 1. The molecule has 1 unspecified atom stereocenters. The Morgan fingerprint density at radius 2 is 2.36 bits per heavy atom. The molecule has 0 saturated carbocycles. The lowest BCUT2D eigenvalue weighted by Crippen LogP contribution is -2.35. The maximum atomic E-state index is 12.4. The number of aromatic nitrogens is 2. The van der Waals surface area contributed by atoms with Crippen molar-refractivity contribution in [1.82, 2.24) is 15.1 Å². The number of benzene rings is 1. The van der Waals surface area contributed by atoms with E-state index in [9.17, 15) is 4.79 Å². The van der Waals surface area contributed by atoms with Crippen LogP contribution in [-0.4, -0.2) is 22.3 Å². The normalized spacial score (nSPS) is 19.2. The van der Waals surface area contributed by atoms with Gasteiger partial charge in [-0.05, 0) is 29.7 Å². The highest BCUT2D eigenvalue weighted by atomic mass is 16.5. The number of hydrogen-bond donors (Lipinski definition) is 1. The zero-order valence-corrected chi connectivity index (χ0v) is 12.4. The van der Waals surface area contributed by atoms with Crippen molar-refractivity contribution in [3.8, 4) is 5.75 Å². The molecule has 1 aromatic carbocycles. The zero-order chi connectivity index (χ0) is 14.9. The molecule has 0 radical (unpaired) electrons. The third-order valence-electron chi connectivity index (χ3n) is 4.54. The van der Waals surface area contributed by atoms with Gasteiger partial charge in [-0.2, -0.15) is 5.10 Å². The lowest BCUT2D eigenvalue weighted by molar-refractivity contribution is -0.125. The Morgan fingerprint density at radius 1 is 1.41 bits per heavy atom. The molecule has 22 heavy (non-hydrogen) atoms. The molecule has 114 valence electrons. The second kappa shape index (κ2) is 5.48. The Labute approximate surface area is 129 Å². The highest BCUT2D eigenvalue weighted by Gasteiger charge is 2.24. The minimum atomic E-state index is 0.0574. The summed E-state index contributed by atoms with van der Waals surface area (Å²) in [5.74, 6) is 1.18. The summed E-state index contributed by atoms with van der Waals surface area (Å²) in [7, 11) is 0. The van der Waals surface area contributed by atoms with Crippen molar-refractivity contribution in [1.29, 1.82) is 0 Å². The zero-order valence-electron chi connectivity index (χ0n) is 12.4. The summed E-state index contributed by atoms with van der Waals surface area (Å²) >= 11 is 0. The first-order valence-electron chi connectivity index (χ1n) is 7.82. The summed E-state index contributed by atoms with van der Waals surface area (Å²) in [6, 6.07) is 8.17. The van der Waals surface area contributed by atoms with Gasteiger partial charge < -0.3 is 10.1 Å². The van der Waals surface area contributed by atoms with Crippen LogP contribution in [0.25, 0.3) is 0 Å². The Balaban J connectivity index is 1.37. The number of nitrogens with one attached hydrogen (secondary N) is 1. The molecule has 0 bridgehead atoms. The van der Waals surface area contributed by atoms with E-state index < -0.39 is 0 Å². The van der Waals surface area contributed by atoms with Gasteiger partial charge in [0.25, 0.3) is 0 Å². The van der Waals surface area contributed by atoms with E-state index in [1.807, 2.05) is 29.1 Å². The summed E-state index contributed by atoms with van der Waals surface area (Å²) < 4.78 is 7.49. The smallest absolute Gasteiger partial charge is 0.223 e. The number of hydrogen-bond acceptors (Lipinski definition) is 3. The highest BCUT2D eigenvalue weighted by molar-refractivity contribution is 5.79. The van der Waals surface area contributed by atoms with Crippen molar-refractivity contribution in [2.75, 3.05) is 6.61 Å². The molecule has 2 aromatic rings. The number of amides is 1. The average molecular weight is 297 g/mol. The Kier molecular flexibility index (Phi) is 3.33. The number of fused-ring (bicyclic) bond motifs is 2. The molecule has 1 aromatic heterocycles. The Morgan fingerprint density at radius 3 is 3.32 bits per heavy atom. The lowest BCUT2D eigenvalue weighted by atomic mass is 9.95. The third kappa shape index (κ3) is 2.47. The number of nitrogens with zero attached hydrogens (tertiary/aromatic N) is 2. The first-order chi connectivity index (χ1) is 10.8. The predicted molar refractivity (Wildman–Crippen MR) is 81.5 cm³/mol. The van der Waals surface area contributed by atoms with E-state index in [1.54, 1.807) is 0 Å². The van der Waals surface area contributed by atoms with Gasteiger partial charge in [-0.25, -0.2) is 0 Å². The largest absolute Gasteiger partial charge is 0.493 e. The average Bonchev–Trinajstić information content (AvgIpc) is 3.19.